The predicted octanol–water partition coefficient (Wildman–Crippen LogP) is 0.928. The second-order valence-electron chi connectivity index (χ2n) is 3.37. The summed E-state index contributed by atoms with van der Waals surface area (Å²) in [5, 5.41) is 11.8. The van der Waals surface area contributed by atoms with Crippen LogP contribution in [0.25, 0.3) is 0 Å². The molecule has 1 heterocycles. The normalized spacial score (nSPS) is 10.4. The van der Waals surface area contributed by atoms with E-state index in [1.54, 1.807) is 6.07 Å². The van der Waals surface area contributed by atoms with Crippen molar-refractivity contribution < 1.29 is 19.1 Å². The van der Waals surface area contributed by atoms with Gasteiger partial charge in [-0.1, -0.05) is 0 Å². The van der Waals surface area contributed by atoms with Crippen LogP contribution in [0.5, 0.6) is 0 Å². The number of methoxy groups -OCH3 is 1. The van der Waals surface area contributed by atoms with Gasteiger partial charge in [-0.25, -0.2) is 4.79 Å². The summed E-state index contributed by atoms with van der Waals surface area (Å²) in [6.45, 7) is 1.57. The van der Waals surface area contributed by atoms with Crippen LogP contribution in [0.2, 0.25) is 0 Å². The first kappa shape index (κ1) is 12.7. The van der Waals surface area contributed by atoms with Crippen LogP contribution in [0.15, 0.2) is 16.7 Å². The molecule has 0 atom stereocenters. The molecule has 0 unspecified atom stereocenters. The van der Waals surface area contributed by atoms with Crippen LogP contribution in [-0.2, 0) is 11.3 Å². The van der Waals surface area contributed by atoms with E-state index in [1.807, 2.05) is 0 Å². The molecular formula is C11H17NO4. The van der Waals surface area contributed by atoms with Gasteiger partial charge >= 0.3 is 5.97 Å². The van der Waals surface area contributed by atoms with Crippen molar-refractivity contribution in [2.24, 2.45) is 0 Å². The smallest absolute Gasteiger partial charge is 0.374 e. The third-order valence-electron chi connectivity index (χ3n) is 2.19. The molecule has 0 amide bonds. The number of aliphatic hydroxyl groups excluding tert-OH is 1. The maximum Gasteiger partial charge on any atom is 0.374 e. The van der Waals surface area contributed by atoms with E-state index in [2.05, 4.69) is 10.1 Å². The molecule has 90 valence electrons. The van der Waals surface area contributed by atoms with E-state index in [-0.39, 0.29) is 12.4 Å². The summed E-state index contributed by atoms with van der Waals surface area (Å²) in [5.41, 5.74) is 0.788. The second kappa shape index (κ2) is 7.03. The Morgan fingerprint density at radius 1 is 1.56 bits per heavy atom. The molecule has 16 heavy (non-hydrogen) atoms. The number of hydrogen-bond acceptors (Lipinski definition) is 5. The Bertz CT molecular complexity index is 322. The van der Waals surface area contributed by atoms with Crippen molar-refractivity contribution in [1.29, 1.82) is 0 Å². The highest BCUT2D eigenvalue weighted by Gasteiger charge is 2.14. The minimum absolute atomic E-state index is 0.209. The number of hydrogen-bond donors (Lipinski definition) is 2. The van der Waals surface area contributed by atoms with Gasteiger partial charge in [0, 0.05) is 18.7 Å². The van der Waals surface area contributed by atoms with Crippen molar-refractivity contribution in [1.82, 2.24) is 5.32 Å². The Kier molecular flexibility index (Phi) is 5.60. The Labute approximate surface area is 94.4 Å². The van der Waals surface area contributed by atoms with Gasteiger partial charge in [0.2, 0.25) is 5.76 Å². The predicted molar refractivity (Wildman–Crippen MR) is 58.1 cm³/mol. The van der Waals surface area contributed by atoms with Crippen LogP contribution in [0.4, 0.5) is 0 Å². The first-order chi connectivity index (χ1) is 7.79. The van der Waals surface area contributed by atoms with Crippen LogP contribution in [-0.4, -0.2) is 31.3 Å². The molecule has 0 aromatic carbocycles. The molecular weight excluding hydrogens is 210 g/mol. The first-order valence-electron chi connectivity index (χ1n) is 5.26. The summed E-state index contributed by atoms with van der Waals surface area (Å²) in [6, 6.07) is 1.74. The molecule has 1 aromatic heterocycles. The minimum Gasteiger partial charge on any atom is -0.463 e. The van der Waals surface area contributed by atoms with E-state index < -0.39 is 5.97 Å². The van der Waals surface area contributed by atoms with Crippen molar-refractivity contribution in [3.63, 3.8) is 0 Å². The van der Waals surface area contributed by atoms with Gasteiger partial charge in [0.25, 0.3) is 0 Å². The van der Waals surface area contributed by atoms with Crippen molar-refractivity contribution in [3.8, 4) is 0 Å². The van der Waals surface area contributed by atoms with Gasteiger partial charge in [0.05, 0.1) is 13.4 Å². The molecule has 0 bridgehead atoms. The lowest BCUT2D eigenvalue weighted by Crippen LogP contribution is -2.16. The average Bonchev–Trinajstić information content (AvgIpc) is 2.76. The molecule has 0 aliphatic carbocycles. The molecule has 1 rings (SSSR count). The fourth-order valence-corrected chi connectivity index (χ4v) is 1.33. The standard InChI is InChI=1S/C11H17NO4/c1-15-11(14)10-9(4-7-16-10)8-12-5-2-3-6-13/h4,7,12-13H,2-3,5-6,8H2,1H3. The average molecular weight is 227 g/mol. The number of aliphatic hydroxyl groups is 1. The molecule has 5 heteroatoms. The molecule has 0 saturated carbocycles. The molecule has 0 radical (unpaired) electrons. The number of furan rings is 1. The Hall–Kier alpha value is -1.33. The monoisotopic (exact) mass is 227 g/mol. The number of esters is 1. The fourth-order valence-electron chi connectivity index (χ4n) is 1.33. The summed E-state index contributed by atoms with van der Waals surface area (Å²) in [5.74, 6) is -0.214. The highest BCUT2D eigenvalue weighted by molar-refractivity contribution is 5.87. The van der Waals surface area contributed by atoms with Crippen molar-refractivity contribution in [3.05, 3.63) is 23.7 Å². The van der Waals surface area contributed by atoms with Gasteiger partial charge in [-0.3, -0.25) is 0 Å². The molecule has 2 N–H and O–H groups in total. The van der Waals surface area contributed by atoms with Crippen molar-refractivity contribution in [2.45, 2.75) is 19.4 Å². The van der Waals surface area contributed by atoms with Gasteiger partial charge in [-0.2, -0.15) is 0 Å². The number of nitrogens with one attached hydrogen (secondary N) is 1. The lowest BCUT2D eigenvalue weighted by Gasteiger charge is -2.03. The summed E-state index contributed by atoms with van der Waals surface area (Å²) in [6.07, 6.45) is 3.15. The first-order valence-corrected chi connectivity index (χ1v) is 5.26. The second-order valence-corrected chi connectivity index (χ2v) is 3.37. The van der Waals surface area contributed by atoms with Crippen LogP contribution in [0.3, 0.4) is 0 Å². The SMILES string of the molecule is COC(=O)c1occc1CNCCCCO. The Balaban J connectivity index is 2.36. The molecule has 0 fully saturated rings. The van der Waals surface area contributed by atoms with E-state index >= 15 is 0 Å². The highest BCUT2D eigenvalue weighted by atomic mass is 16.5. The lowest BCUT2D eigenvalue weighted by molar-refractivity contribution is 0.0563. The van der Waals surface area contributed by atoms with E-state index in [1.165, 1.54) is 13.4 Å². The van der Waals surface area contributed by atoms with E-state index in [4.69, 9.17) is 9.52 Å². The zero-order valence-corrected chi connectivity index (χ0v) is 9.36. The highest BCUT2D eigenvalue weighted by Crippen LogP contribution is 2.11. The molecule has 0 spiro atoms. The number of rotatable bonds is 7. The molecule has 0 aliphatic heterocycles. The van der Waals surface area contributed by atoms with Gasteiger partial charge in [0.15, 0.2) is 0 Å². The van der Waals surface area contributed by atoms with Crippen LogP contribution in [0, 0.1) is 0 Å². The Morgan fingerprint density at radius 3 is 3.06 bits per heavy atom. The number of carbonyl (C=O) groups is 1. The van der Waals surface area contributed by atoms with E-state index in [9.17, 15) is 4.79 Å². The maximum absolute atomic E-state index is 11.3. The summed E-state index contributed by atoms with van der Waals surface area (Å²) in [7, 11) is 1.32. The molecule has 0 aliphatic rings. The van der Waals surface area contributed by atoms with E-state index in [0.717, 1.165) is 24.9 Å². The van der Waals surface area contributed by atoms with Crippen molar-refractivity contribution >= 4 is 5.97 Å². The van der Waals surface area contributed by atoms with Crippen LogP contribution in [0.1, 0.15) is 29.0 Å². The van der Waals surface area contributed by atoms with Gasteiger partial charge in [-0.05, 0) is 25.5 Å². The third kappa shape index (κ3) is 3.67. The number of carbonyl (C=O) groups excluding carboxylic acids is 1. The number of ether oxygens (including phenoxy) is 1. The van der Waals surface area contributed by atoms with E-state index in [0.29, 0.717) is 6.54 Å². The quantitative estimate of drug-likeness (QED) is 0.535. The Morgan fingerprint density at radius 2 is 2.38 bits per heavy atom. The molecule has 0 saturated heterocycles. The number of unbranched alkanes of at least 4 members (excludes halogenated alkanes) is 1. The van der Waals surface area contributed by atoms with Crippen molar-refractivity contribution in [2.75, 3.05) is 20.3 Å². The van der Waals surface area contributed by atoms with Gasteiger partial charge in [0.1, 0.15) is 0 Å². The topological polar surface area (TPSA) is 71.7 Å². The zero-order chi connectivity index (χ0) is 11.8. The zero-order valence-electron chi connectivity index (χ0n) is 9.36. The lowest BCUT2D eigenvalue weighted by atomic mass is 10.2. The van der Waals surface area contributed by atoms with Crippen LogP contribution >= 0.6 is 0 Å². The maximum atomic E-state index is 11.3. The summed E-state index contributed by atoms with van der Waals surface area (Å²) >= 11 is 0. The fraction of sp³-hybridized carbons (Fsp3) is 0.545. The third-order valence-corrected chi connectivity index (χ3v) is 2.19. The van der Waals surface area contributed by atoms with Gasteiger partial charge in [-0.15, -0.1) is 0 Å². The summed E-state index contributed by atoms with van der Waals surface area (Å²) in [4.78, 5) is 11.3. The minimum atomic E-state index is -0.461. The molecule has 5 nitrogen and oxygen atoms in total. The van der Waals surface area contributed by atoms with Gasteiger partial charge < -0.3 is 19.6 Å². The molecule has 1 aromatic rings. The largest absolute Gasteiger partial charge is 0.463 e. The summed E-state index contributed by atoms with van der Waals surface area (Å²) < 4.78 is 9.63. The van der Waals surface area contributed by atoms with Crippen LogP contribution < -0.4 is 5.32 Å².